The Balaban J connectivity index is 1.46. The van der Waals surface area contributed by atoms with Gasteiger partial charge in [-0.1, -0.05) is 18.2 Å². The fourth-order valence-corrected chi connectivity index (χ4v) is 3.19. The Hall–Kier alpha value is -1.98. The fourth-order valence-electron chi connectivity index (χ4n) is 3.19. The molecule has 120 valence electrons. The highest BCUT2D eigenvalue weighted by Crippen LogP contribution is 2.20. The molecule has 2 heterocycles. The minimum atomic E-state index is -0.0996. The molecule has 1 aromatic heterocycles. The number of fused-ring (bicyclic) bond motifs is 1. The number of pyridine rings is 1. The number of piperazine rings is 1. The second kappa shape index (κ2) is 6.26. The first kappa shape index (κ1) is 14.6. The number of hydrogen-bond acceptors (Lipinski definition) is 4. The molecular formula is C18H22N4O. The number of nitrogens with one attached hydrogen (secondary N) is 2. The van der Waals surface area contributed by atoms with Crippen LogP contribution in [0.15, 0.2) is 36.5 Å². The number of hydrogen-bond donors (Lipinski definition) is 2. The molecule has 1 amide bonds. The van der Waals surface area contributed by atoms with Gasteiger partial charge in [0.05, 0.1) is 11.6 Å². The number of benzene rings is 1. The van der Waals surface area contributed by atoms with Crippen LogP contribution in [0.1, 0.15) is 18.4 Å². The molecule has 4 rings (SSSR count). The Kier molecular flexibility index (Phi) is 3.97. The number of para-hydroxylation sites is 1. The lowest BCUT2D eigenvalue weighted by molar-refractivity contribution is -0.124. The summed E-state index contributed by atoms with van der Waals surface area (Å²) >= 11 is 0. The van der Waals surface area contributed by atoms with Gasteiger partial charge in [-0.2, -0.15) is 0 Å². The second-order valence-corrected chi connectivity index (χ2v) is 6.51. The summed E-state index contributed by atoms with van der Waals surface area (Å²) in [5, 5.41) is 7.64. The number of aromatic nitrogens is 1. The van der Waals surface area contributed by atoms with E-state index in [4.69, 9.17) is 0 Å². The van der Waals surface area contributed by atoms with Gasteiger partial charge in [0.15, 0.2) is 0 Å². The Morgan fingerprint density at radius 3 is 3.04 bits per heavy atom. The normalized spacial score (nSPS) is 22.2. The van der Waals surface area contributed by atoms with Crippen molar-refractivity contribution < 1.29 is 4.79 Å². The van der Waals surface area contributed by atoms with Crippen LogP contribution in [0.2, 0.25) is 0 Å². The molecule has 2 aromatic rings. The zero-order valence-electron chi connectivity index (χ0n) is 13.2. The van der Waals surface area contributed by atoms with Crippen molar-refractivity contribution in [2.24, 2.45) is 0 Å². The summed E-state index contributed by atoms with van der Waals surface area (Å²) in [6.07, 6.45) is 4.13. The molecule has 0 spiro atoms. The Bertz CT molecular complexity index is 708. The van der Waals surface area contributed by atoms with Gasteiger partial charge in [0, 0.05) is 43.8 Å². The summed E-state index contributed by atoms with van der Waals surface area (Å²) in [5.41, 5.74) is 2.31. The number of carbonyl (C=O) groups is 1. The van der Waals surface area contributed by atoms with E-state index in [1.807, 2.05) is 18.3 Å². The third-order valence-electron chi connectivity index (χ3n) is 4.63. The number of nitrogens with zero attached hydrogens (tertiary/aromatic N) is 2. The van der Waals surface area contributed by atoms with E-state index >= 15 is 0 Å². The number of carbonyl (C=O) groups excluding carboxylic acids is 1. The van der Waals surface area contributed by atoms with Crippen molar-refractivity contribution in [3.8, 4) is 0 Å². The van der Waals surface area contributed by atoms with Gasteiger partial charge in [-0.05, 0) is 30.5 Å². The van der Waals surface area contributed by atoms with Gasteiger partial charge in [0.25, 0.3) is 0 Å². The first-order chi connectivity index (χ1) is 11.3. The molecule has 5 heteroatoms. The zero-order valence-corrected chi connectivity index (χ0v) is 13.2. The molecule has 1 saturated heterocycles. The minimum absolute atomic E-state index is 0.0996. The Morgan fingerprint density at radius 1 is 1.30 bits per heavy atom. The van der Waals surface area contributed by atoms with Crippen molar-refractivity contribution in [2.75, 3.05) is 19.6 Å². The topological polar surface area (TPSA) is 57.3 Å². The largest absolute Gasteiger partial charge is 0.352 e. The smallest absolute Gasteiger partial charge is 0.238 e. The first-order valence-corrected chi connectivity index (χ1v) is 8.38. The van der Waals surface area contributed by atoms with Gasteiger partial charge in [-0.25, -0.2) is 0 Å². The zero-order chi connectivity index (χ0) is 15.6. The molecule has 1 saturated carbocycles. The number of rotatable bonds is 4. The molecule has 2 fully saturated rings. The summed E-state index contributed by atoms with van der Waals surface area (Å²) < 4.78 is 0. The molecule has 1 aliphatic carbocycles. The minimum Gasteiger partial charge on any atom is -0.352 e. The summed E-state index contributed by atoms with van der Waals surface area (Å²) in [6, 6.07) is 10.6. The SMILES string of the molecule is O=C(NC1CC1)[C@H]1CN(Cc2ccnc3ccccc23)CCN1. The summed E-state index contributed by atoms with van der Waals surface area (Å²) in [7, 11) is 0. The van der Waals surface area contributed by atoms with Crippen LogP contribution in [-0.4, -0.2) is 47.5 Å². The van der Waals surface area contributed by atoms with E-state index in [2.05, 4.69) is 38.7 Å². The molecule has 2 aliphatic rings. The third kappa shape index (κ3) is 3.35. The predicted molar refractivity (Wildman–Crippen MR) is 90.0 cm³/mol. The average Bonchev–Trinajstić information content (AvgIpc) is 3.39. The molecular weight excluding hydrogens is 288 g/mol. The maximum Gasteiger partial charge on any atom is 0.238 e. The van der Waals surface area contributed by atoms with Crippen molar-refractivity contribution in [2.45, 2.75) is 31.5 Å². The predicted octanol–water partition coefficient (Wildman–Crippen LogP) is 1.29. The van der Waals surface area contributed by atoms with Crippen LogP contribution in [0.5, 0.6) is 0 Å². The van der Waals surface area contributed by atoms with E-state index in [-0.39, 0.29) is 11.9 Å². The van der Waals surface area contributed by atoms with Crippen LogP contribution in [-0.2, 0) is 11.3 Å². The Morgan fingerprint density at radius 2 is 2.17 bits per heavy atom. The van der Waals surface area contributed by atoms with Crippen LogP contribution < -0.4 is 10.6 Å². The van der Waals surface area contributed by atoms with E-state index in [1.165, 1.54) is 10.9 Å². The monoisotopic (exact) mass is 310 g/mol. The summed E-state index contributed by atoms with van der Waals surface area (Å²) in [6.45, 7) is 3.43. The van der Waals surface area contributed by atoms with Crippen LogP contribution in [0.3, 0.4) is 0 Å². The van der Waals surface area contributed by atoms with Crippen molar-refractivity contribution in [1.29, 1.82) is 0 Å². The van der Waals surface area contributed by atoms with Gasteiger partial charge in [-0.3, -0.25) is 14.7 Å². The lowest BCUT2D eigenvalue weighted by atomic mass is 10.1. The molecule has 5 nitrogen and oxygen atoms in total. The lowest BCUT2D eigenvalue weighted by Gasteiger charge is -2.33. The molecule has 1 atom stereocenters. The highest BCUT2D eigenvalue weighted by molar-refractivity contribution is 5.83. The van der Waals surface area contributed by atoms with Gasteiger partial charge in [0.2, 0.25) is 5.91 Å². The molecule has 23 heavy (non-hydrogen) atoms. The van der Waals surface area contributed by atoms with E-state index in [0.29, 0.717) is 6.04 Å². The van der Waals surface area contributed by atoms with E-state index in [9.17, 15) is 4.79 Å². The molecule has 0 radical (unpaired) electrons. The van der Waals surface area contributed by atoms with Crippen molar-refractivity contribution in [1.82, 2.24) is 20.5 Å². The second-order valence-electron chi connectivity index (χ2n) is 6.51. The van der Waals surface area contributed by atoms with E-state index in [0.717, 1.165) is 44.5 Å². The van der Waals surface area contributed by atoms with Gasteiger partial charge in [0.1, 0.15) is 0 Å². The fraction of sp³-hybridized carbons (Fsp3) is 0.444. The van der Waals surface area contributed by atoms with Crippen molar-refractivity contribution in [3.05, 3.63) is 42.1 Å². The highest BCUT2D eigenvalue weighted by Gasteiger charge is 2.30. The van der Waals surface area contributed by atoms with Gasteiger partial charge in [-0.15, -0.1) is 0 Å². The average molecular weight is 310 g/mol. The summed E-state index contributed by atoms with van der Waals surface area (Å²) in [4.78, 5) is 19.0. The maximum absolute atomic E-state index is 12.2. The molecule has 2 N–H and O–H groups in total. The van der Waals surface area contributed by atoms with E-state index < -0.39 is 0 Å². The van der Waals surface area contributed by atoms with E-state index in [1.54, 1.807) is 0 Å². The lowest BCUT2D eigenvalue weighted by Crippen LogP contribution is -2.57. The first-order valence-electron chi connectivity index (χ1n) is 8.38. The standard InChI is InChI=1S/C18H22N4O/c23-18(21-14-5-6-14)17-12-22(10-9-20-17)11-13-7-8-19-16-4-2-1-3-15(13)16/h1-4,7-8,14,17,20H,5-6,9-12H2,(H,21,23)/t17-/m1/s1. The molecule has 1 aromatic carbocycles. The molecule has 0 bridgehead atoms. The molecule has 1 aliphatic heterocycles. The highest BCUT2D eigenvalue weighted by atomic mass is 16.2. The van der Waals surface area contributed by atoms with Crippen LogP contribution in [0, 0.1) is 0 Å². The maximum atomic E-state index is 12.2. The van der Waals surface area contributed by atoms with Crippen molar-refractivity contribution >= 4 is 16.8 Å². The summed E-state index contributed by atoms with van der Waals surface area (Å²) in [5.74, 6) is 0.150. The Labute approximate surface area is 136 Å². The van der Waals surface area contributed by atoms with Crippen LogP contribution >= 0.6 is 0 Å². The van der Waals surface area contributed by atoms with Crippen LogP contribution in [0.4, 0.5) is 0 Å². The third-order valence-corrected chi connectivity index (χ3v) is 4.63. The van der Waals surface area contributed by atoms with Gasteiger partial charge >= 0.3 is 0 Å². The quantitative estimate of drug-likeness (QED) is 0.893. The van der Waals surface area contributed by atoms with Crippen molar-refractivity contribution in [3.63, 3.8) is 0 Å². The number of amides is 1. The van der Waals surface area contributed by atoms with Crippen LogP contribution in [0.25, 0.3) is 10.9 Å². The van der Waals surface area contributed by atoms with Gasteiger partial charge < -0.3 is 10.6 Å². The molecule has 0 unspecified atom stereocenters.